The van der Waals surface area contributed by atoms with Crippen molar-refractivity contribution in [3.8, 4) is 23.3 Å². The molecule has 2 aromatic rings. The van der Waals surface area contributed by atoms with Crippen LogP contribution in [0.5, 0.6) is 0 Å². The Balaban J connectivity index is 1.55. The van der Waals surface area contributed by atoms with Crippen LogP contribution in [-0.4, -0.2) is 43.2 Å². The molecule has 3 aliphatic rings. The highest BCUT2D eigenvalue weighted by Crippen LogP contribution is 2.39. The van der Waals surface area contributed by atoms with Crippen LogP contribution in [0.1, 0.15) is 41.9 Å². The number of pyridine rings is 1. The van der Waals surface area contributed by atoms with Crippen molar-refractivity contribution in [2.75, 3.05) is 37.5 Å². The van der Waals surface area contributed by atoms with Crippen LogP contribution in [0.2, 0.25) is 0 Å². The zero-order chi connectivity index (χ0) is 21.2. The zero-order valence-corrected chi connectivity index (χ0v) is 18.1. The minimum atomic E-state index is 0.364. The Morgan fingerprint density at radius 2 is 1.77 bits per heavy atom. The van der Waals surface area contributed by atoms with Crippen molar-refractivity contribution in [3.05, 3.63) is 41.0 Å². The fourth-order valence-corrected chi connectivity index (χ4v) is 5.03. The number of anilines is 1. The van der Waals surface area contributed by atoms with E-state index >= 15 is 0 Å². The van der Waals surface area contributed by atoms with Crippen molar-refractivity contribution < 1.29 is 9.47 Å². The first kappa shape index (κ1) is 20.3. The molecule has 3 fully saturated rings. The molecule has 1 atom stereocenters. The third-order valence-corrected chi connectivity index (χ3v) is 7.28. The van der Waals surface area contributed by atoms with Gasteiger partial charge in [-0.3, -0.25) is 0 Å². The molecule has 0 bridgehead atoms. The summed E-state index contributed by atoms with van der Waals surface area (Å²) in [6, 6.07) is 13.3. The fraction of sp³-hybridized carbons (Fsp3) is 0.458. The second kappa shape index (κ2) is 8.88. The van der Waals surface area contributed by atoms with E-state index in [0.29, 0.717) is 45.4 Å². The van der Waals surface area contributed by atoms with E-state index in [0.717, 1.165) is 57.0 Å². The molecule has 0 amide bonds. The predicted octanol–water partition coefficient (Wildman–Crippen LogP) is 4.31. The first-order chi connectivity index (χ1) is 15.3. The monoisotopic (exact) mass is 432 g/mol. The van der Waals surface area contributed by atoms with Gasteiger partial charge in [-0.1, -0.05) is 24.3 Å². The first-order valence-electron chi connectivity index (χ1n) is 10.8. The summed E-state index contributed by atoms with van der Waals surface area (Å²) in [4.78, 5) is 4.74. The minimum Gasteiger partial charge on any atom is -0.381 e. The lowest BCUT2D eigenvalue weighted by atomic mass is 9.92. The van der Waals surface area contributed by atoms with E-state index < -0.39 is 0 Å². The van der Waals surface area contributed by atoms with E-state index in [9.17, 15) is 10.5 Å². The molecule has 1 aromatic heterocycles. The molecular weight excluding hydrogens is 408 g/mol. The summed E-state index contributed by atoms with van der Waals surface area (Å²) in [5, 5.41) is 24.2. The number of benzene rings is 1. The summed E-state index contributed by atoms with van der Waals surface area (Å²) in [5.74, 6) is 2.36. The molecule has 1 aromatic carbocycles. The summed E-state index contributed by atoms with van der Waals surface area (Å²) < 4.78 is 10.8. The quantitative estimate of drug-likeness (QED) is 0.652. The van der Waals surface area contributed by atoms with Crippen LogP contribution in [0.3, 0.4) is 0 Å². The van der Waals surface area contributed by atoms with E-state index in [1.807, 2.05) is 12.1 Å². The molecule has 7 heteroatoms. The molecule has 0 unspecified atom stereocenters. The van der Waals surface area contributed by atoms with E-state index in [1.165, 1.54) is 5.56 Å². The highest BCUT2D eigenvalue weighted by Gasteiger charge is 2.28. The second-order valence-corrected chi connectivity index (χ2v) is 9.44. The summed E-state index contributed by atoms with van der Waals surface area (Å²) in [6.45, 7) is 3.08. The van der Waals surface area contributed by atoms with Gasteiger partial charge in [0.2, 0.25) is 0 Å². The van der Waals surface area contributed by atoms with Crippen LogP contribution in [0.25, 0.3) is 11.1 Å². The van der Waals surface area contributed by atoms with E-state index in [4.69, 9.17) is 14.5 Å². The van der Waals surface area contributed by atoms with Crippen LogP contribution >= 0.6 is 11.8 Å². The molecule has 2 aliphatic heterocycles. The summed E-state index contributed by atoms with van der Waals surface area (Å²) in [7, 11) is 0. The summed E-state index contributed by atoms with van der Waals surface area (Å²) in [5.41, 5.74) is 3.75. The Labute approximate surface area is 186 Å². The molecule has 0 radical (unpaired) electrons. The maximum absolute atomic E-state index is 10.1. The lowest BCUT2D eigenvalue weighted by Gasteiger charge is -2.25. The Bertz CT molecular complexity index is 1040. The summed E-state index contributed by atoms with van der Waals surface area (Å²) in [6.07, 6.45) is 3.20. The number of ether oxygens (including phenoxy) is 2. The van der Waals surface area contributed by atoms with Gasteiger partial charge >= 0.3 is 0 Å². The van der Waals surface area contributed by atoms with Crippen LogP contribution in [0, 0.1) is 28.6 Å². The van der Waals surface area contributed by atoms with Crippen molar-refractivity contribution in [2.24, 2.45) is 5.92 Å². The molecule has 5 rings (SSSR count). The molecule has 158 valence electrons. The van der Waals surface area contributed by atoms with Crippen molar-refractivity contribution in [2.45, 2.75) is 36.2 Å². The van der Waals surface area contributed by atoms with Crippen molar-refractivity contribution in [1.82, 2.24) is 4.98 Å². The Morgan fingerprint density at radius 3 is 2.35 bits per heavy atom. The van der Waals surface area contributed by atoms with Crippen LogP contribution < -0.4 is 5.32 Å². The van der Waals surface area contributed by atoms with Crippen molar-refractivity contribution >= 4 is 17.6 Å². The lowest BCUT2D eigenvalue weighted by Crippen LogP contribution is -2.29. The fourth-order valence-electron chi connectivity index (χ4n) is 3.99. The number of aromatic nitrogens is 1. The number of nitrogens with zero attached hydrogens (tertiary/aromatic N) is 3. The number of nitrogens with one attached hydrogen (secondary N) is 1. The highest BCUT2D eigenvalue weighted by atomic mass is 32.2. The number of rotatable bonds is 7. The van der Waals surface area contributed by atoms with Gasteiger partial charge in [-0.05, 0) is 30.4 Å². The van der Waals surface area contributed by atoms with Crippen LogP contribution in [0.4, 0.5) is 5.82 Å². The van der Waals surface area contributed by atoms with Gasteiger partial charge in [-0.15, -0.1) is 11.8 Å². The van der Waals surface area contributed by atoms with Gasteiger partial charge in [0.1, 0.15) is 28.5 Å². The third kappa shape index (κ3) is 4.27. The van der Waals surface area contributed by atoms with Gasteiger partial charge in [0.05, 0.1) is 25.4 Å². The molecule has 31 heavy (non-hydrogen) atoms. The average molecular weight is 433 g/mol. The van der Waals surface area contributed by atoms with Crippen molar-refractivity contribution in [1.29, 1.82) is 10.5 Å². The Morgan fingerprint density at radius 1 is 1.00 bits per heavy atom. The topological polar surface area (TPSA) is 91.0 Å². The maximum Gasteiger partial charge on any atom is 0.146 e. The van der Waals surface area contributed by atoms with E-state index in [2.05, 4.69) is 29.6 Å². The largest absolute Gasteiger partial charge is 0.381 e. The van der Waals surface area contributed by atoms with E-state index in [1.54, 1.807) is 11.8 Å². The number of nitriles is 2. The zero-order valence-electron chi connectivity index (χ0n) is 17.3. The highest BCUT2D eigenvalue weighted by molar-refractivity contribution is 7.99. The van der Waals surface area contributed by atoms with Gasteiger partial charge in [-0.2, -0.15) is 10.5 Å². The van der Waals surface area contributed by atoms with Gasteiger partial charge in [0.25, 0.3) is 0 Å². The molecule has 1 aliphatic carbocycles. The standard InChI is InChI=1S/C24H24N4O2S/c25-9-20-22(17-3-1-16(2-4-17)18-7-8-29-13-18)21(10-26)24(31-14-15-11-30-12-15)28-23(20)27-19-5-6-19/h1-4,15,18-19H,5-8,11-14H2,(H,27,28)/t18-/m1/s1. The minimum absolute atomic E-state index is 0.364. The Hall–Kier alpha value is -2.58. The molecule has 3 heterocycles. The second-order valence-electron chi connectivity index (χ2n) is 8.43. The number of hydrogen-bond donors (Lipinski definition) is 1. The molecule has 2 saturated heterocycles. The average Bonchev–Trinajstić information content (AvgIpc) is 3.41. The number of hydrogen-bond acceptors (Lipinski definition) is 7. The lowest BCUT2D eigenvalue weighted by molar-refractivity contribution is -0.0196. The normalized spacial score (nSPS) is 20.6. The van der Waals surface area contributed by atoms with Gasteiger partial charge in [0, 0.05) is 35.8 Å². The molecule has 1 saturated carbocycles. The molecular formula is C24H24N4O2S. The molecule has 6 nitrogen and oxygen atoms in total. The van der Waals surface area contributed by atoms with Crippen LogP contribution in [0.15, 0.2) is 29.3 Å². The molecule has 1 N–H and O–H groups in total. The van der Waals surface area contributed by atoms with Gasteiger partial charge < -0.3 is 14.8 Å². The predicted molar refractivity (Wildman–Crippen MR) is 119 cm³/mol. The SMILES string of the molecule is N#Cc1c(NC2CC2)nc(SCC2COC2)c(C#N)c1-c1ccc([C@@H]2CCOC2)cc1. The molecule has 0 spiro atoms. The summed E-state index contributed by atoms with van der Waals surface area (Å²) >= 11 is 1.59. The maximum atomic E-state index is 10.1. The van der Waals surface area contributed by atoms with Gasteiger partial charge in [-0.25, -0.2) is 4.98 Å². The third-order valence-electron chi connectivity index (χ3n) is 6.07. The number of thioether (sulfide) groups is 1. The van der Waals surface area contributed by atoms with E-state index in [-0.39, 0.29) is 0 Å². The van der Waals surface area contributed by atoms with Crippen molar-refractivity contribution in [3.63, 3.8) is 0 Å². The smallest absolute Gasteiger partial charge is 0.146 e. The van der Waals surface area contributed by atoms with Gasteiger partial charge in [0.15, 0.2) is 0 Å². The Kier molecular flexibility index (Phi) is 5.82. The van der Waals surface area contributed by atoms with Crippen LogP contribution in [-0.2, 0) is 9.47 Å². The first-order valence-corrected chi connectivity index (χ1v) is 11.8.